The zero-order valence-electron chi connectivity index (χ0n) is 15.9. The van der Waals surface area contributed by atoms with Gasteiger partial charge in [-0.3, -0.25) is 5.32 Å². The molecular formula is C19H23N7O2. The van der Waals surface area contributed by atoms with E-state index < -0.39 is 0 Å². The lowest BCUT2D eigenvalue weighted by Gasteiger charge is -2.27. The highest BCUT2D eigenvalue weighted by Crippen LogP contribution is 2.41. The number of aromatic nitrogens is 4. The van der Waals surface area contributed by atoms with Crippen LogP contribution in [0.4, 0.5) is 16.5 Å². The largest absolute Gasteiger partial charge is 0.356 e. The molecule has 2 fully saturated rings. The number of carbonyl (C=O) groups is 1. The standard InChI is InChI=1S/C19H23N7O2/c1-11-5-16(28-24-11)23-19(27)26-8-12-6-14(7-13(12)9-26)25(2)18-15-3-4-20-17(15)21-10-22-18/h3-5,10,12-14H,6-9H2,1-2H3,(H,23,27)(H,20,21,22)/t12-,13?,14+/m1/s1. The van der Waals surface area contributed by atoms with Crippen LogP contribution >= 0.6 is 0 Å². The van der Waals surface area contributed by atoms with Gasteiger partial charge in [-0.05, 0) is 37.7 Å². The number of anilines is 2. The third-order valence-electron chi connectivity index (χ3n) is 6.09. The molecule has 9 nitrogen and oxygen atoms in total. The van der Waals surface area contributed by atoms with Crippen molar-refractivity contribution >= 4 is 28.8 Å². The Balaban J connectivity index is 1.23. The molecule has 3 aromatic rings. The van der Waals surface area contributed by atoms with Gasteiger partial charge >= 0.3 is 6.03 Å². The summed E-state index contributed by atoms with van der Waals surface area (Å²) >= 11 is 0. The van der Waals surface area contributed by atoms with Crippen molar-refractivity contribution in [1.82, 2.24) is 25.0 Å². The zero-order chi connectivity index (χ0) is 19.3. The van der Waals surface area contributed by atoms with Gasteiger partial charge in [0.15, 0.2) is 0 Å². The Morgan fingerprint density at radius 2 is 2.11 bits per heavy atom. The monoisotopic (exact) mass is 381 g/mol. The lowest BCUT2D eigenvalue weighted by atomic mass is 10.0. The molecule has 1 aliphatic carbocycles. The Morgan fingerprint density at radius 3 is 2.82 bits per heavy atom. The van der Waals surface area contributed by atoms with Crippen molar-refractivity contribution < 1.29 is 9.32 Å². The highest BCUT2D eigenvalue weighted by atomic mass is 16.5. The molecule has 3 aromatic heterocycles. The van der Waals surface area contributed by atoms with Gasteiger partial charge in [0.05, 0.1) is 11.1 Å². The van der Waals surface area contributed by atoms with E-state index in [0.717, 1.165) is 48.5 Å². The van der Waals surface area contributed by atoms with Crippen LogP contribution in [0.15, 0.2) is 29.2 Å². The fraction of sp³-hybridized carbons (Fsp3) is 0.474. The lowest BCUT2D eigenvalue weighted by molar-refractivity contribution is 0.217. The number of carbonyl (C=O) groups excluding carboxylic acids is 1. The van der Waals surface area contributed by atoms with Gasteiger partial charge in [0.25, 0.3) is 0 Å². The molecule has 1 unspecified atom stereocenters. The van der Waals surface area contributed by atoms with E-state index in [1.165, 1.54) is 0 Å². The summed E-state index contributed by atoms with van der Waals surface area (Å²) in [6.45, 7) is 3.38. The first-order valence-electron chi connectivity index (χ1n) is 9.58. The van der Waals surface area contributed by atoms with Crippen molar-refractivity contribution in [1.29, 1.82) is 0 Å². The van der Waals surface area contributed by atoms with Gasteiger partial charge in [-0.15, -0.1) is 0 Å². The molecule has 4 heterocycles. The number of likely N-dealkylation sites (tertiary alicyclic amines) is 1. The van der Waals surface area contributed by atoms with Gasteiger partial charge in [-0.1, -0.05) is 5.16 Å². The molecule has 0 spiro atoms. The maximum Gasteiger partial charge on any atom is 0.324 e. The van der Waals surface area contributed by atoms with Crippen molar-refractivity contribution in [2.45, 2.75) is 25.8 Å². The van der Waals surface area contributed by atoms with E-state index in [0.29, 0.717) is 23.8 Å². The quantitative estimate of drug-likeness (QED) is 0.723. The minimum atomic E-state index is -0.111. The number of rotatable bonds is 3. The van der Waals surface area contributed by atoms with Crippen molar-refractivity contribution in [3.05, 3.63) is 30.4 Å². The molecule has 5 rings (SSSR count). The van der Waals surface area contributed by atoms with Crippen LogP contribution in [0.25, 0.3) is 11.0 Å². The van der Waals surface area contributed by atoms with Crippen molar-refractivity contribution in [3.63, 3.8) is 0 Å². The normalized spacial score (nSPS) is 23.9. The maximum atomic E-state index is 12.5. The number of nitrogens with zero attached hydrogens (tertiary/aromatic N) is 5. The molecule has 1 saturated carbocycles. The van der Waals surface area contributed by atoms with Crippen molar-refractivity contribution in [2.24, 2.45) is 11.8 Å². The Bertz CT molecular complexity index is 999. The second-order valence-electron chi connectivity index (χ2n) is 7.86. The molecule has 0 radical (unpaired) electrons. The minimum absolute atomic E-state index is 0.111. The zero-order valence-corrected chi connectivity index (χ0v) is 15.9. The third-order valence-corrected chi connectivity index (χ3v) is 6.09. The van der Waals surface area contributed by atoms with Crippen molar-refractivity contribution in [3.8, 4) is 0 Å². The molecule has 2 aliphatic rings. The van der Waals surface area contributed by atoms with Crippen LogP contribution in [0.3, 0.4) is 0 Å². The van der Waals surface area contributed by atoms with E-state index >= 15 is 0 Å². The van der Waals surface area contributed by atoms with E-state index in [4.69, 9.17) is 4.52 Å². The van der Waals surface area contributed by atoms with Gasteiger partial charge in [0, 0.05) is 38.4 Å². The molecule has 1 aliphatic heterocycles. The maximum absolute atomic E-state index is 12.5. The van der Waals surface area contributed by atoms with E-state index in [9.17, 15) is 4.79 Å². The average molecular weight is 381 g/mol. The number of urea groups is 1. The number of H-pyrrole nitrogens is 1. The summed E-state index contributed by atoms with van der Waals surface area (Å²) in [5, 5.41) is 7.65. The number of amides is 2. The molecule has 2 amide bonds. The average Bonchev–Trinajstić information content (AvgIpc) is 3.43. The van der Waals surface area contributed by atoms with Crippen LogP contribution in [0, 0.1) is 18.8 Å². The number of nitrogens with one attached hydrogen (secondary N) is 2. The number of aromatic amines is 1. The second-order valence-corrected chi connectivity index (χ2v) is 7.86. The Kier molecular flexibility index (Phi) is 3.96. The highest BCUT2D eigenvalue weighted by molar-refractivity contribution is 5.88. The Hall–Kier alpha value is -3.10. The summed E-state index contributed by atoms with van der Waals surface area (Å²) in [6.07, 6.45) is 5.62. The van der Waals surface area contributed by atoms with Crippen LogP contribution in [-0.2, 0) is 0 Å². The predicted octanol–water partition coefficient (Wildman–Crippen LogP) is 2.63. The van der Waals surface area contributed by atoms with Gasteiger partial charge in [-0.2, -0.15) is 0 Å². The molecule has 2 N–H and O–H groups in total. The lowest BCUT2D eigenvalue weighted by Crippen LogP contribution is -2.36. The highest BCUT2D eigenvalue weighted by Gasteiger charge is 2.44. The SMILES string of the molecule is Cc1cc(NC(=O)N2CC3C[C@@H](N(C)c4ncnc5[nH]ccc45)C[C@@H]3C2)on1. The number of aryl methyl sites for hydroxylation is 1. The summed E-state index contributed by atoms with van der Waals surface area (Å²) in [5.41, 5.74) is 1.61. The molecule has 1 saturated heterocycles. The minimum Gasteiger partial charge on any atom is -0.356 e. The van der Waals surface area contributed by atoms with Gasteiger partial charge in [0.2, 0.25) is 5.88 Å². The fourth-order valence-corrected chi connectivity index (χ4v) is 4.67. The van der Waals surface area contributed by atoms with Gasteiger partial charge in [-0.25, -0.2) is 14.8 Å². The van der Waals surface area contributed by atoms with E-state index in [-0.39, 0.29) is 6.03 Å². The second kappa shape index (κ2) is 6.50. The third kappa shape index (κ3) is 2.87. The van der Waals surface area contributed by atoms with E-state index in [1.807, 2.05) is 24.1 Å². The summed E-state index contributed by atoms with van der Waals surface area (Å²) < 4.78 is 5.08. The van der Waals surface area contributed by atoms with Gasteiger partial charge < -0.3 is 19.3 Å². The van der Waals surface area contributed by atoms with Crippen LogP contribution in [-0.4, -0.2) is 57.2 Å². The number of fused-ring (bicyclic) bond motifs is 2. The van der Waals surface area contributed by atoms with E-state index in [1.54, 1.807) is 12.4 Å². The number of hydrogen-bond acceptors (Lipinski definition) is 6. The first-order chi connectivity index (χ1) is 13.6. The summed E-state index contributed by atoms with van der Waals surface area (Å²) in [5.74, 6) is 2.39. The first-order valence-corrected chi connectivity index (χ1v) is 9.58. The van der Waals surface area contributed by atoms with Gasteiger partial charge in [0.1, 0.15) is 17.8 Å². The molecule has 3 atom stereocenters. The molecule has 146 valence electrons. The molecule has 28 heavy (non-hydrogen) atoms. The van der Waals surface area contributed by atoms with Crippen LogP contribution in [0.2, 0.25) is 0 Å². The summed E-state index contributed by atoms with van der Waals surface area (Å²) in [7, 11) is 2.11. The summed E-state index contributed by atoms with van der Waals surface area (Å²) in [6, 6.07) is 4.06. The smallest absolute Gasteiger partial charge is 0.324 e. The fourth-order valence-electron chi connectivity index (χ4n) is 4.67. The molecule has 9 heteroatoms. The van der Waals surface area contributed by atoms with Crippen LogP contribution < -0.4 is 10.2 Å². The topological polar surface area (TPSA) is 103 Å². The first kappa shape index (κ1) is 17.0. The van der Waals surface area contributed by atoms with Crippen molar-refractivity contribution in [2.75, 3.05) is 30.4 Å². The number of hydrogen-bond donors (Lipinski definition) is 2. The Morgan fingerprint density at radius 1 is 1.32 bits per heavy atom. The molecule has 0 bridgehead atoms. The molecule has 0 aromatic carbocycles. The summed E-state index contributed by atoms with van der Waals surface area (Å²) in [4.78, 5) is 28.6. The predicted molar refractivity (Wildman–Crippen MR) is 104 cm³/mol. The van der Waals surface area contributed by atoms with Crippen LogP contribution in [0.5, 0.6) is 0 Å². The van der Waals surface area contributed by atoms with Crippen LogP contribution in [0.1, 0.15) is 18.5 Å². The Labute approximate surface area is 162 Å². The van der Waals surface area contributed by atoms with E-state index in [2.05, 4.69) is 37.4 Å². The molecular weight excluding hydrogens is 358 g/mol.